The summed E-state index contributed by atoms with van der Waals surface area (Å²) in [6, 6.07) is 3.99. The van der Waals surface area contributed by atoms with Crippen molar-refractivity contribution in [1.82, 2.24) is 10.0 Å². The quantitative estimate of drug-likeness (QED) is 0.561. The molecule has 1 aromatic rings. The average Bonchev–Trinajstić information content (AvgIpc) is 2.57. The lowest BCUT2D eigenvalue weighted by Crippen LogP contribution is -2.48. The monoisotopic (exact) mass is 427 g/mol. The van der Waals surface area contributed by atoms with Gasteiger partial charge in [0.15, 0.2) is 6.10 Å². The highest BCUT2D eigenvalue weighted by atomic mass is 32.2. The topological polar surface area (TPSA) is 145 Å². The van der Waals surface area contributed by atoms with E-state index in [2.05, 4.69) is 4.72 Å². The maximum absolute atomic E-state index is 12.5. The fraction of sp³-hybridized carbons (Fsp3) is 0.526. The molecular formula is C19H29N3O6S. The minimum absolute atomic E-state index is 0.00275. The first kappa shape index (κ1) is 24.6. The summed E-state index contributed by atoms with van der Waals surface area (Å²) in [6.07, 6.45) is -1.30. The van der Waals surface area contributed by atoms with Crippen LogP contribution < -0.4 is 15.8 Å². The molecule has 3 amide bonds. The van der Waals surface area contributed by atoms with Crippen molar-refractivity contribution in [3.8, 4) is 0 Å². The number of carbonyl (C=O) groups excluding carboxylic acids is 3. The molecule has 0 fully saturated rings. The van der Waals surface area contributed by atoms with Crippen LogP contribution >= 0.6 is 0 Å². The first-order valence-electron chi connectivity index (χ1n) is 9.09. The van der Waals surface area contributed by atoms with Gasteiger partial charge in [0.05, 0.1) is 4.90 Å². The molecule has 1 rings (SSSR count). The first-order valence-corrected chi connectivity index (χ1v) is 10.6. The van der Waals surface area contributed by atoms with Crippen molar-refractivity contribution < 1.29 is 27.5 Å². The fourth-order valence-corrected chi connectivity index (χ4v) is 3.59. The van der Waals surface area contributed by atoms with E-state index in [9.17, 15) is 22.8 Å². The van der Waals surface area contributed by atoms with Crippen LogP contribution in [-0.2, 0) is 29.8 Å². The van der Waals surface area contributed by atoms with E-state index in [4.69, 9.17) is 10.5 Å². The number of primary amides is 1. The van der Waals surface area contributed by atoms with Gasteiger partial charge in [-0.05, 0) is 36.0 Å². The molecule has 0 heterocycles. The number of ether oxygens (including phenoxy) is 1. The summed E-state index contributed by atoms with van der Waals surface area (Å²) >= 11 is 0. The van der Waals surface area contributed by atoms with Gasteiger partial charge >= 0.3 is 12.0 Å². The lowest BCUT2D eigenvalue weighted by atomic mass is 9.87. The number of urea groups is 1. The molecule has 4 N–H and O–H groups in total. The van der Waals surface area contributed by atoms with Crippen molar-refractivity contribution in [3.63, 3.8) is 0 Å². The van der Waals surface area contributed by atoms with E-state index in [1.54, 1.807) is 26.0 Å². The van der Waals surface area contributed by atoms with Gasteiger partial charge in [-0.25, -0.2) is 13.2 Å². The van der Waals surface area contributed by atoms with E-state index in [-0.39, 0.29) is 10.3 Å². The number of nitrogens with one attached hydrogen (secondary N) is 2. The third-order valence-electron chi connectivity index (χ3n) is 4.07. The molecule has 29 heavy (non-hydrogen) atoms. The molecule has 0 saturated carbocycles. The van der Waals surface area contributed by atoms with Gasteiger partial charge in [-0.1, -0.05) is 46.8 Å². The predicted octanol–water partition coefficient (Wildman–Crippen LogP) is 1.41. The van der Waals surface area contributed by atoms with Crippen LogP contribution in [0.15, 0.2) is 29.2 Å². The van der Waals surface area contributed by atoms with E-state index < -0.39 is 46.0 Å². The number of benzene rings is 1. The maximum Gasteiger partial charge on any atom is 0.324 e. The molecule has 2 atom stereocenters. The van der Waals surface area contributed by atoms with Gasteiger partial charge in [-0.15, -0.1) is 0 Å². The third kappa shape index (κ3) is 7.13. The van der Waals surface area contributed by atoms with Crippen LogP contribution in [0.25, 0.3) is 0 Å². The van der Waals surface area contributed by atoms with Crippen LogP contribution in [0.4, 0.5) is 4.79 Å². The van der Waals surface area contributed by atoms with Gasteiger partial charge < -0.3 is 10.5 Å². The third-order valence-corrected chi connectivity index (χ3v) is 5.63. The molecule has 0 saturated heterocycles. The van der Waals surface area contributed by atoms with Crippen molar-refractivity contribution in [2.24, 2.45) is 11.7 Å². The van der Waals surface area contributed by atoms with Crippen LogP contribution in [0.3, 0.4) is 0 Å². The molecule has 10 heteroatoms. The van der Waals surface area contributed by atoms with Crippen molar-refractivity contribution in [1.29, 1.82) is 0 Å². The lowest BCUT2D eigenvalue weighted by Gasteiger charge is -2.22. The Morgan fingerprint density at radius 2 is 1.55 bits per heavy atom. The number of nitrogens with two attached hydrogens (primary N) is 1. The zero-order valence-electron chi connectivity index (χ0n) is 17.5. The van der Waals surface area contributed by atoms with Gasteiger partial charge in [-0.2, -0.15) is 4.72 Å². The summed E-state index contributed by atoms with van der Waals surface area (Å²) < 4.78 is 32.4. The second-order valence-corrected chi connectivity index (χ2v) is 9.79. The number of sulfonamides is 1. The number of carbonyl (C=O) groups is 3. The summed E-state index contributed by atoms with van der Waals surface area (Å²) in [5, 5.41) is 1.84. The van der Waals surface area contributed by atoms with Crippen molar-refractivity contribution >= 4 is 27.9 Å². The van der Waals surface area contributed by atoms with Crippen LogP contribution in [-0.4, -0.2) is 38.5 Å². The van der Waals surface area contributed by atoms with E-state index in [0.717, 1.165) is 5.56 Å². The van der Waals surface area contributed by atoms with E-state index >= 15 is 0 Å². The summed E-state index contributed by atoms with van der Waals surface area (Å²) in [5.41, 5.74) is 5.73. The SMILES string of the molecule is CC(C)[C@H](OC(=O)[C@H](C)NS(=O)(=O)c1ccc(C(C)(C)C)cc1)C(=O)NC(N)=O. The van der Waals surface area contributed by atoms with Crippen LogP contribution in [0.5, 0.6) is 0 Å². The molecule has 0 bridgehead atoms. The molecular weight excluding hydrogens is 398 g/mol. The van der Waals surface area contributed by atoms with Crippen molar-refractivity contribution in [2.75, 3.05) is 0 Å². The highest BCUT2D eigenvalue weighted by Crippen LogP contribution is 2.23. The van der Waals surface area contributed by atoms with Crippen molar-refractivity contribution in [2.45, 2.75) is 64.0 Å². The Bertz CT molecular complexity index is 857. The summed E-state index contributed by atoms with van der Waals surface area (Å²) in [5.74, 6) is -2.31. The number of hydrogen-bond donors (Lipinski definition) is 3. The number of amides is 3. The molecule has 0 aliphatic rings. The number of esters is 1. The van der Waals surface area contributed by atoms with Gasteiger partial charge in [0.1, 0.15) is 6.04 Å². The average molecular weight is 428 g/mol. The Morgan fingerprint density at radius 1 is 1.03 bits per heavy atom. The molecule has 0 spiro atoms. The highest BCUT2D eigenvalue weighted by Gasteiger charge is 2.31. The molecule has 9 nitrogen and oxygen atoms in total. The molecule has 0 radical (unpaired) electrons. The molecule has 1 aromatic carbocycles. The van der Waals surface area contributed by atoms with Crippen LogP contribution in [0.2, 0.25) is 0 Å². The smallest absolute Gasteiger partial charge is 0.324 e. The van der Waals surface area contributed by atoms with Gasteiger partial charge in [0.2, 0.25) is 10.0 Å². The Hall–Kier alpha value is -2.46. The zero-order valence-corrected chi connectivity index (χ0v) is 18.3. The Balaban J connectivity index is 2.89. The molecule has 0 aliphatic carbocycles. The summed E-state index contributed by atoms with van der Waals surface area (Å²) in [7, 11) is -3.99. The Kier molecular flexibility index (Phi) is 7.93. The highest BCUT2D eigenvalue weighted by molar-refractivity contribution is 7.89. The Morgan fingerprint density at radius 3 is 1.97 bits per heavy atom. The Labute approximate surface area is 171 Å². The minimum atomic E-state index is -3.99. The van der Waals surface area contributed by atoms with E-state index in [0.29, 0.717) is 0 Å². The molecule has 0 aromatic heterocycles. The largest absolute Gasteiger partial charge is 0.451 e. The number of rotatable bonds is 7. The van der Waals surface area contributed by atoms with Gasteiger partial charge in [0, 0.05) is 0 Å². The predicted molar refractivity (Wildman–Crippen MR) is 107 cm³/mol. The second-order valence-electron chi connectivity index (χ2n) is 8.07. The lowest BCUT2D eigenvalue weighted by molar-refractivity contribution is -0.159. The summed E-state index contributed by atoms with van der Waals surface area (Å²) in [6.45, 7) is 10.5. The molecule has 162 valence electrons. The standard InChI is InChI=1S/C19H29N3O6S/c1-11(2)15(16(23)21-18(20)25)28-17(24)12(3)22-29(26,27)14-9-7-13(8-10-14)19(4,5)6/h7-12,15,22H,1-6H3,(H3,20,21,23,25)/t12-,15-/m0/s1. The maximum atomic E-state index is 12.5. The van der Waals surface area contributed by atoms with Crippen LogP contribution in [0.1, 0.15) is 47.1 Å². The number of hydrogen-bond acceptors (Lipinski definition) is 6. The summed E-state index contributed by atoms with van der Waals surface area (Å²) in [4.78, 5) is 35.1. The normalized spacial score (nSPS) is 14.2. The van der Waals surface area contributed by atoms with Gasteiger partial charge in [0.25, 0.3) is 5.91 Å². The van der Waals surface area contributed by atoms with E-state index in [1.807, 2.05) is 26.1 Å². The fourth-order valence-electron chi connectivity index (χ4n) is 2.40. The van der Waals surface area contributed by atoms with Crippen molar-refractivity contribution in [3.05, 3.63) is 29.8 Å². The number of imide groups is 1. The van der Waals surface area contributed by atoms with E-state index in [1.165, 1.54) is 19.1 Å². The minimum Gasteiger partial charge on any atom is -0.451 e. The zero-order chi connectivity index (χ0) is 22.6. The molecule has 0 unspecified atom stereocenters. The second kappa shape index (κ2) is 9.36. The van der Waals surface area contributed by atoms with Crippen LogP contribution in [0, 0.1) is 5.92 Å². The molecule has 0 aliphatic heterocycles. The van der Waals surface area contributed by atoms with Gasteiger partial charge in [-0.3, -0.25) is 14.9 Å². The first-order chi connectivity index (χ1) is 13.1.